The SMILES string of the molecule is CN1CCc2c(sc(NC(=O)c3ccc(S(=O)(=O)N4CCCC4)cc3)c2C(=O)N(C)C)C1. The maximum Gasteiger partial charge on any atom is 0.256 e. The second-order valence-corrected chi connectivity index (χ2v) is 11.5. The number of sulfonamides is 1. The predicted molar refractivity (Wildman–Crippen MR) is 125 cm³/mol. The fourth-order valence-electron chi connectivity index (χ4n) is 4.10. The van der Waals surface area contributed by atoms with E-state index in [4.69, 9.17) is 0 Å². The van der Waals surface area contributed by atoms with Crippen LogP contribution >= 0.6 is 11.3 Å². The van der Waals surface area contributed by atoms with Gasteiger partial charge in [0.1, 0.15) is 5.00 Å². The number of nitrogens with zero attached hydrogens (tertiary/aromatic N) is 3. The van der Waals surface area contributed by atoms with Crippen molar-refractivity contribution in [1.29, 1.82) is 0 Å². The minimum absolute atomic E-state index is 0.130. The van der Waals surface area contributed by atoms with Crippen molar-refractivity contribution in [2.75, 3.05) is 46.1 Å². The molecule has 8 nitrogen and oxygen atoms in total. The molecule has 0 spiro atoms. The molecule has 172 valence electrons. The molecule has 2 aliphatic rings. The third-order valence-electron chi connectivity index (χ3n) is 5.91. The van der Waals surface area contributed by atoms with Gasteiger partial charge in [-0.3, -0.25) is 9.59 Å². The normalized spacial score (nSPS) is 17.2. The van der Waals surface area contributed by atoms with Gasteiger partial charge in [-0.15, -0.1) is 11.3 Å². The summed E-state index contributed by atoms with van der Waals surface area (Å²) in [5.74, 6) is -0.496. The second-order valence-electron chi connectivity index (χ2n) is 8.48. The average molecular weight is 477 g/mol. The molecule has 3 heterocycles. The maximum absolute atomic E-state index is 13.0. The fourth-order valence-corrected chi connectivity index (χ4v) is 6.93. The van der Waals surface area contributed by atoms with E-state index in [1.54, 1.807) is 14.1 Å². The number of likely N-dealkylation sites (N-methyl/N-ethyl adjacent to an activating group) is 1. The van der Waals surface area contributed by atoms with Gasteiger partial charge < -0.3 is 15.1 Å². The molecule has 10 heteroatoms. The van der Waals surface area contributed by atoms with Gasteiger partial charge in [0.2, 0.25) is 10.0 Å². The Bertz CT molecular complexity index is 1130. The number of nitrogens with one attached hydrogen (secondary N) is 1. The molecule has 0 radical (unpaired) electrons. The van der Waals surface area contributed by atoms with E-state index in [0.29, 0.717) is 29.2 Å². The zero-order valence-electron chi connectivity index (χ0n) is 18.6. The molecule has 1 fully saturated rings. The van der Waals surface area contributed by atoms with Crippen molar-refractivity contribution in [3.8, 4) is 0 Å². The van der Waals surface area contributed by atoms with Crippen molar-refractivity contribution >= 4 is 38.2 Å². The molecule has 32 heavy (non-hydrogen) atoms. The topological polar surface area (TPSA) is 90.0 Å². The highest BCUT2D eigenvalue weighted by Gasteiger charge is 2.30. The number of fused-ring (bicyclic) bond motifs is 1. The van der Waals surface area contributed by atoms with E-state index >= 15 is 0 Å². The summed E-state index contributed by atoms with van der Waals surface area (Å²) in [6, 6.07) is 5.99. The molecule has 2 amide bonds. The van der Waals surface area contributed by atoms with Crippen LogP contribution in [0.3, 0.4) is 0 Å². The highest BCUT2D eigenvalue weighted by Crippen LogP contribution is 2.37. The lowest BCUT2D eigenvalue weighted by Crippen LogP contribution is -2.29. The first-order valence-corrected chi connectivity index (χ1v) is 12.9. The molecule has 0 unspecified atom stereocenters. The summed E-state index contributed by atoms with van der Waals surface area (Å²) >= 11 is 1.43. The molecule has 1 aromatic heterocycles. The van der Waals surface area contributed by atoms with Gasteiger partial charge in [0.25, 0.3) is 11.8 Å². The summed E-state index contributed by atoms with van der Waals surface area (Å²) in [6.45, 7) is 2.67. The Hall–Kier alpha value is -2.27. The minimum Gasteiger partial charge on any atom is -0.345 e. The van der Waals surface area contributed by atoms with E-state index in [9.17, 15) is 18.0 Å². The number of benzene rings is 1. The Labute approximate surface area is 192 Å². The van der Waals surface area contributed by atoms with Crippen molar-refractivity contribution in [2.45, 2.75) is 30.7 Å². The molecule has 2 aromatic rings. The van der Waals surface area contributed by atoms with Gasteiger partial charge in [0.05, 0.1) is 10.5 Å². The van der Waals surface area contributed by atoms with Crippen LogP contribution in [0.2, 0.25) is 0 Å². The lowest BCUT2D eigenvalue weighted by Gasteiger charge is -2.23. The Morgan fingerprint density at radius 1 is 1.06 bits per heavy atom. The van der Waals surface area contributed by atoms with Gasteiger partial charge >= 0.3 is 0 Å². The molecular formula is C22H28N4O4S2. The van der Waals surface area contributed by atoms with Crippen LogP contribution in [0.25, 0.3) is 0 Å². The standard InChI is InChI=1S/C22H28N4O4S2/c1-24(2)22(28)19-17-10-13-25(3)14-18(17)31-21(19)23-20(27)15-6-8-16(9-7-15)32(29,30)26-11-4-5-12-26/h6-9H,4-5,10-14H2,1-3H3,(H,23,27). The number of anilines is 1. The van der Waals surface area contributed by atoms with Gasteiger partial charge in [-0.1, -0.05) is 0 Å². The van der Waals surface area contributed by atoms with E-state index in [-0.39, 0.29) is 16.7 Å². The van der Waals surface area contributed by atoms with Crippen LogP contribution in [-0.4, -0.2) is 75.1 Å². The summed E-state index contributed by atoms with van der Waals surface area (Å²) in [7, 11) is 1.91. The Kier molecular flexibility index (Phi) is 6.39. The van der Waals surface area contributed by atoms with Gasteiger partial charge in [0.15, 0.2) is 0 Å². The van der Waals surface area contributed by atoms with Crippen LogP contribution in [0.1, 0.15) is 44.0 Å². The monoisotopic (exact) mass is 476 g/mol. The van der Waals surface area contributed by atoms with Crippen molar-refractivity contribution in [3.05, 3.63) is 45.8 Å². The molecule has 1 saturated heterocycles. The summed E-state index contributed by atoms with van der Waals surface area (Å²) < 4.78 is 26.9. The zero-order valence-corrected chi connectivity index (χ0v) is 20.2. The van der Waals surface area contributed by atoms with Crippen LogP contribution in [0.15, 0.2) is 29.2 Å². The first-order chi connectivity index (χ1) is 15.2. The average Bonchev–Trinajstić information content (AvgIpc) is 3.41. The molecule has 0 bridgehead atoms. The third kappa shape index (κ3) is 4.32. The number of hydrogen-bond donors (Lipinski definition) is 1. The number of amides is 2. The van der Waals surface area contributed by atoms with Crippen LogP contribution in [-0.2, 0) is 23.0 Å². The summed E-state index contributed by atoms with van der Waals surface area (Å²) in [4.78, 5) is 30.8. The van der Waals surface area contributed by atoms with Crippen LogP contribution in [0.4, 0.5) is 5.00 Å². The summed E-state index contributed by atoms with van der Waals surface area (Å²) in [5, 5.41) is 3.45. The van der Waals surface area contributed by atoms with Gasteiger partial charge in [0, 0.05) is 50.7 Å². The van der Waals surface area contributed by atoms with Crippen molar-refractivity contribution in [1.82, 2.24) is 14.1 Å². The molecule has 1 aromatic carbocycles. The first-order valence-electron chi connectivity index (χ1n) is 10.6. The van der Waals surface area contributed by atoms with E-state index in [1.165, 1.54) is 44.8 Å². The van der Waals surface area contributed by atoms with Crippen molar-refractivity contribution in [3.63, 3.8) is 0 Å². The van der Waals surface area contributed by atoms with Gasteiger partial charge in [-0.05, 0) is 56.1 Å². The molecule has 4 rings (SSSR count). The Morgan fingerprint density at radius 3 is 2.34 bits per heavy atom. The summed E-state index contributed by atoms with van der Waals surface area (Å²) in [5.41, 5.74) is 1.91. The van der Waals surface area contributed by atoms with E-state index < -0.39 is 10.0 Å². The largest absolute Gasteiger partial charge is 0.345 e. The Balaban J connectivity index is 1.58. The van der Waals surface area contributed by atoms with Crippen molar-refractivity contribution in [2.24, 2.45) is 0 Å². The smallest absolute Gasteiger partial charge is 0.256 e. The highest BCUT2D eigenvalue weighted by molar-refractivity contribution is 7.89. The number of hydrogen-bond acceptors (Lipinski definition) is 6. The van der Waals surface area contributed by atoms with Crippen molar-refractivity contribution < 1.29 is 18.0 Å². The molecule has 0 saturated carbocycles. The summed E-state index contributed by atoms with van der Waals surface area (Å²) in [6.07, 6.45) is 2.50. The maximum atomic E-state index is 13.0. The van der Waals surface area contributed by atoms with E-state index in [1.807, 2.05) is 7.05 Å². The van der Waals surface area contributed by atoms with Crippen LogP contribution in [0, 0.1) is 0 Å². The number of rotatable bonds is 5. The fraction of sp³-hybridized carbons (Fsp3) is 0.455. The zero-order chi connectivity index (χ0) is 23.0. The minimum atomic E-state index is -3.53. The second kappa shape index (κ2) is 8.93. The highest BCUT2D eigenvalue weighted by atomic mass is 32.2. The lowest BCUT2D eigenvalue weighted by atomic mass is 10.0. The quantitative estimate of drug-likeness (QED) is 0.716. The Morgan fingerprint density at radius 2 is 1.72 bits per heavy atom. The van der Waals surface area contributed by atoms with E-state index in [0.717, 1.165) is 42.8 Å². The van der Waals surface area contributed by atoms with Crippen LogP contribution < -0.4 is 5.32 Å². The number of thiophene rings is 1. The number of carbonyl (C=O) groups is 2. The molecule has 2 aliphatic heterocycles. The number of carbonyl (C=O) groups excluding carboxylic acids is 2. The molecule has 1 N–H and O–H groups in total. The van der Waals surface area contributed by atoms with Gasteiger partial charge in [-0.2, -0.15) is 4.31 Å². The first kappa shape index (κ1) is 22.9. The van der Waals surface area contributed by atoms with Gasteiger partial charge in [-0.25, -0.2) is 8.42 Å². The predicted octanol–water partition coefficient (Wildman–Crippen LogP) is 2.47. The third-order valence-corrected chi connectivity index (χ3v) is 8.96. The molecular weight excluding hydrogens is 448 g/mol. The molecule has 0 aliphatic carbocycles. The van der Waals surface area contributed by atoms with E-state index in [2.05, 4.69) is 10.2 Å². The lowest BCUT2D eigenvalue weighted by molar-refractivity contribution is 0.0827. The molecule has 0 atom stereocenters. The van der Waals surface area contributed by atoms with Crippen LogP contribution in [0.5, 0.6) is 0 Å².